The van der Waals surface area contributed by atoms with Crippen LogP contribution in [0.4, 0.5) is 11.8 Å². The van der Waals surface area contributed by atoms with Crippen molar-refractivity contribution in [1.82, 2.24) is 19.9 Å². The summed E-state index contributed by atoms with van der Waals surface area (Å²) in [6.07, 6.45) is 1.97. The molecule has 2 heterocycles. The van der Waals surface area contributed by atoms with Crippen LogP contribution in [-0.4, -0.2) is 33.5 Å². The quantitative estimate of drug-likeness (QED) is 0.764. The van der Waals surface area contributed by atoms with E-state index in [4.69, 9.17) is 11.0 Å². The predicted molar refractivity (Wildman–Crippen MR) is 59.6 cm³/mol. The second kappa shape index (κ2) is 4.02. The molecule has 2 aromatic rings. The van der Waals surface area contributed by atoms with Crippen LogP contribution in [0.15, 0.2) is 6.33 Å². The molecule has 0 saturated carbocycles. The Bertz CT molecular complexity index is 538. The van der Waals surface area contributed by atoms with Crippen molar-refractivity contribution in [3.63, 3.8) is 0 Å². The first-order valence-electron chi connectivity index (χ1n) is 4.77. The highest BCUT2D eigenvalue weighted by molar-refractivity contribution is 5.83. The molecule has 0 bridgehead atoms. The van der Waals surface area contributed by atoms with Crippen molar-refractivity contribution in [2.75, 3.05) is 24.2 Å². The van der Waals surface area contributed by atoms with Gasteiger partial charge in [0, 0.05) is 13.6 Å². The molecule has 0 atom stereocenters. The molecular formula is C9H11N7. The maximum Gasteiger partial charge on any atom is 0.224 e. The van der Waals surface area contributed by atoms with E-state index in [0.717, 1.165) is 5.52 Å². The monoisotopic (exact) mass is 217 g/mol. The van der Waals surface area contributed by atoms with Crippen LogP contribution >= 0.6 is 0 Å². The van der Waals surface area contributed by atoms with Gasteiger partial charge in [-0.25, -0.2) is 4.98 Å². The molecule has 7 nitrogen and oxygen atoms in total. The summed E-state index contributed by atoms with van der Waals surface area (Å²) in [6.45, 7) is 0.584. The summed E-state index contributed by atoms with van der Waals surface area (Å²) in [6, 6.07) is 2.08. The number of nitrogens with one attached hydrogen (secondary N) is 1. The first-order chi connectivity index (χ1) is 7.72. The Morgan fingerprint density at radius 2 is 2.38 bits per heavy atom. The van der Waals surface area contributed by atoms with E-state index in [0.29, 0.717) is 24.4 Å². The van der Waals surface area contributed by atoms with Gasteiger partial charge in [0.25, 0.3) is 0 Å². The zero-order chi connectivity index (χ0) is 11.5. The Kier molecular flexibility index (Phi) is 2.55. The third kappa shape index (κ3) is 1.72. The number of rotatable bonds is 3. The van der Waals surface area contributed by atoms with E-state index < -0.39 is 0 Å². The van der Waals surface area contributed by atoms with Gasteiger partial charge in [-0.2, -0.15) is 15.2 Å². The van der Waals surface area contributed by atoms with E-state index >= 15 is 0 Å². The number of aromatic nitrogens is 4. The SMILES string of the molecule is CN(CCC#N)c1nc(N)nc2nc[nH]c12. The molecule has 82 valence electrons. The van der Waals surface area contributed by atoms with Crippen molar-refractivity contribution in [1.29, 1.82) is 5.26 Å². The summed E-state index contributed by atoms with van der Waals surface area (Å²) in [7, 11) is 1.85. The summed E-state index contributed by atoms with van der Waals surface area (Å²) < 4.78 is 0. The number of imidazole rings is 1. The first kappa shape index (κ1) is 10.2. The molecule has 0 spiro atoms. The number of hydrogen-bond donors (Lipinski definition) is 2. The highest BCUT2D eigenvalue weighted by atomic mass is 15.2. The molecule has 0 aliphatic rings. The van der Waals surface area contributed by atoms with Gasteiger partial charge in [0.05, 0.1) is 18.8 Å². The topological polar surface area (TPSA) is 108 Å². The molecule has 2 aromatic heterocycles. The van der Waals surface area contributed by atoms with Gasteiger partial charge in [0.15, 0.2) is 11.5 Å². The van der Waals surface area contributed by atoms with Gasteiger partial charge in [-0.05, 0) is 0 Å². The van der Waals surface area contributed by atoms with Gasteiger partial charge in [-0.3, -0.25) is 0 Å². The lowest BCUT2D eigenvalue weighted by molar-refractivity contribution is 0.887. The van der Waals surface area contributed by atoms with Crippen LogP contribution in [0.3, 0.4) is 0 Å². The molecule has 3 N–H and O–H groups in total. The van der Waals surface area contributed by atoms with Gasteiger partial charge in [0.1, 0.15) is 5.52 Å². The largest absolute Gasteiger partial charge is 0.368 e. The second-order valence-corrected chi connectivity index (χ2v) is 3.34. The molecule has 0 radical (unpaired) electrons. The minimum absolute atomic E-state index is 0.179. The summed E-state index contributed by atoms with van der Waals surface area (Å²) in [5.41, 5.74) is 6.85. The van der Waals surface area contributed by atoms with Crippen LogP contribution in [0.2, 0.25) is 0 Å². The van der Waals surface area contributed by atoms with E-state index in [1.807, 2.05) is 11.9 Å². The molecule has 7 heteroatoms. The van der Waals surface area contributed by atoms with Crippen LogP contribution in [0.1, 0.15) is 6.42 Å². The number of fused-ring (bicyclic) bond motifs is 1. The smallest absolute Gasteiger partial charge is 0.224 e. The van der Waals surface area contributed by atoms with Crippen LogP contribution in [0.5, 0.6) is 0 Å². The van der Waals surface area contributed by atoms with E-state index in [9.17, 15) is 0 Å². The fourth-order valence-electron chi connectivity index (χ4n) is 1.43. The molecule has 0 fully saturated rings. The zero-order valence-corrected chi connectivity index (χ0v) is 8.80. The number of hydrogen-bond acceptors (Lipinski definition) is 6. The minimum atomic E-state index is 0.179. The third-order valence-corrected chi connectivity index (χ3v) is 2.20. The van der Waals surface area contributed by atoms with Crippen LogP contribution in [0, 0.1) is 11.3 Å². The Balaban J connectivity index is 2.42. The van der Waals surface area contributed by atoms with Crippen LogP contribution < -0.4 is 10.6 Å². The highest BCUT2D eigenvalue weighted by Gasteiger charge is 2.11. The van der Waals surface area contributed by atoms with Gasteiger partial charge in [-0.15, -0.1) is 0 Å². The van der Waals surface area contributed by atoms with Crippen LogP contribution in [-0.2, 0) is 0 Å². The number of anilines is 2. The lowest BCUT2D eigenvalue weighted by Crippen LogP contribution is -2.20. The standard InChI is InChI=1S/C9H11N7/c1-16(4-2-3-10)8-6-7(13-5-12-6)14-9(11)15-8/h5H,2,4H2,1H3,(H3,11,12,13,14,15). The molecular weight excluding hydrogens is 206 g/mol. The average molecular weight is 217 g/mol. The molecule has 0 unspecified atom stereocenters. The number of nitriles is 1. The number of nitrogen functional groups attached to an aromatic ring is 1. The van der Waals surface area contributed by atoms with Crippen molar-refractivity contribution in [2.24, 2.45) is 0 Å². The van der Waals surface area contributed by atoms with Gasteiger partial charge in [0.2, 0.25) is 5.95 Å². The maximum atomic E-state index is 8.54. The summed E-state index contributed by atoms with van der Waals surface area (Å²) in [5, 5.41) is 8.54. The van der Waals surface area contributed by atoms with Crippen molar-refractivity contribution < 1.29 is 0 Å². The molecule has 0 amide bonds. The minimum Gasteiger partial charge on any atom is -0.368 e. The Morgan fingerprint density at radius 1 is 1.56 bits per heavy atom. The van der Waals surface area contributed by atoms with E-state index in [-0.39, 0.29) is 5.95 Å². The second-order valence-electron chi connectivity index (χ2n) is 3.34. The van der Waals surface area contributed by atoms with Gasteiger partial charge < -0.3 is 15.6 Å². The maximum absolute atomic E-state index is 8.54. The number of nitrogens with two attached hydrogens (primary N) is 1. The average Bonchev–Trinajstić information content (AvgIpc) is 2.72. The Hall–Kier alpha value is -2.36. The number of aromatic amines is 1. The highest BCUT2D eigenvalue weighted by Crippen LogP contribution is 2.20. The molecule has 0 aliphatic carbocycles. The van der Waals surface area contributed by atoms with Crippen molar-refractivity contribution >= 4 is 22.9 Å². The van der Waals surface area contributed by atoms with Gasteiger partial charge >= 0.3 is 0 Å². The van der Waals surface area contributed by atoms with E-state index in [1.54, 1.807) is 6.33 Å². The molecule has 16 heavy (non-hydrogen) atoms. The molecule has 0 aliphatic heterocycles. The van der Waals surface area contributed by atoms with E-state index in [1.165, 1.54) is 0 Å². The fourth-order valence-corrected chi connectivity index (χ4v) is 1.43. The first-order valence-corrected chi connectivity index (χ1v) is 4.77. The third-order valence-electron chi connectivity index (χ3n) is 2.20. The Labute approximate surface area is 91.9 Å². The lowest BCUT2D eigenvalue weighted by Gasteiger charge is -2.16. The van der Waals surface area contributed by atoms with Crippen molar-refractivity contribution in [3.8, 4) is 6.07 Å². The normalized spacial score (nSPS) is 10.2. The number of H-pyrrole nitrogens is 1. The van der Waals surface area contributed by atoms with Crippen molar-refractivity contribution in [2.45, 2.75) is 6.42 Å². The van der Waals surface area contributed by atoms with E-state index in [2.05, 4.69) is 26.0 Å². The predicted octanol–water partition coefficient (Wildman–Crippen LogP) is 0.285. The van der Waals surface area contributed by atoms with Gasteiger partial charge in [-0.1, -0.05) is 0 Å². The van der Waals surface area contributed by atoms with Crippen LogP contribution in [0.25, 0.3) is 11.2 Å². The molecule has 2 rings (SSSR count). The lowest BCUT2D eigenvalue weighted by atomic mass is 10.4. The fraction of sp³-hybridized carbons (Fsp3) is 0.333. The number of nitrogens with zero attached hydrogens (tertiary/aromatic N) is 5. The van der Waals surface area contributed by atoms with Crippen molar-refractivity contribution in [3.05, 3.63) is 6.33 Å². The molecule has 0 saturated heterocycles. The summed E-state index contributed by atoms with van der Waals surface area (Å²) in [5.74, 6) is 0.841. The zero-order valence-electron chi connectivity index (χ0n) is 8.80. The Morgan fingerprint density at radius 3 is 3.12 bits per heavy atom. The molecule has 0 aromatic carbocycles. The summed E-state index contributed by atoms with van der Waals surface area (Å²) in [4.78, 5) is 17.0. The summed E-state index contributed by atoms with van der Waals surface area (Å²) >= 11 is 0.